The van der Waals surface area contributed by atoms with Gasteiger partial charge in [0.1, 0.15) is 6.04 Å². The summed E-state index contributed by atoms with van der Waals surface area (Å²) in [7, 11) is 0. The number of hydrogen-bond donors (Lipinski definition) is 6. The number of urea groups is 1. The van der Waals surface area contributed by atoms with Gasteiger partial charge in [-0.2, -0.15) is 12.6 Å². The van der Waals surface area contributed by atoms with E-state index in [2.05, 4.69) is 23.3 Å². The zero-order chi connectivity index (χ0) is 15.7. The second-order valence-electron chi connectivity index (χ2n) is 3.89. The summed E-state index contributed by atoms with van der Waals surface area (Å²) < 4.78 is 0. The van der Waals surface area contributed by atoms with E-state index in [1.807, 2.05) is 0 Å². The van der Waals surface area contributed by atoms with Crippen LogP contribution in [0, 0.1) is 0 Å². The Labute approximate surface area is 120 Å². The summed E-state index contributed by atoms with van der Waals surface area (Å²) in [5.41, 5.74) is 5.18. The number of amides is 2. The van der Waals surface area contributed by atoms with Crippen LogP contribution in [-0.2, 0) is 14.4 Å². The highest BCUT2D eigenvalue weighted by molar-refractivity contribution is 7.80. The van der Waals surface area contributed by atoms with E-state index in [0.717, 1.165) is 0 Å². The fraction of sp³-hybridized carbons (Fsp3) is 0.600. The lowest BCUT2D eigenvalue weighted by molar-refractivity contribution is -0.139. The molecule has 0 aromatic rings. The molecule has 0 spiro atoms. The molecule has 0 aromatic heterocycles. The first-order valence-electron chi connectivity index (χ1n) is 5.66. The quantitative estimate of drug-likeness (QED) is 0.281. The van der Waals surface area contributed by atoms with Gasteiger partial charge < -0.3 is 26.6 Å². The van der Waals surface area contributed by atoms with Crippen LogP contribution in [0.25, 0.3) is 0 Å². The number of hydrogen-bond acceptors (Lipinski definition) is 6. The molecular formula is C10H17N3O6S. The van der Waals surface area contributed by atoms with E-state index in [-0.39, 0.29) is 25.1 Å². The highest BCUT2D eigenvalue weighted by Crippen LogP contribution is 1.99. The molecular weight excluding hydrogens is 290 g/mol. The van der Waals surface area contributed by atoms with Crippen molar-refractivity contribution in [3.8, 4) is 0 Å². The number of carbonyl (C=O) groups is 4. The standard InChI is InChI=1S/C10H17N3O6S/c11-5(9(17)18)3-12-10(19)13-6(4-20)7(14)1-2-8(15)16/h5-6,20H,1-4,11H2,(H,15,16)(H,17,18)(H2,12,13,19)/t5-,6-/m0/s1. The van der Waals surface area contributed by atoms with Crippen molar-refractivity contribution >= 4 is 36.4 Å². The molecule has 2 atom stereocenters. The van der Waals surface area contributed by atoms with Crippen molar-refractivity contribution in [2.75, 3.05) is 12.3 Å². The van der Waals surface area contributed by atoms with Crippen LogP contribution in [0.5, 0.6) is 0 Å². The lowest BCUT2D eigenvalue weighted by Gasteiger charge is -2.16. The molecule has 9 nitrogen and oxygen atoms in total. The molecule has 0 heterocycles. The molecule has 0 aliphatic rings. The fourth-order valence-corrected chi connectivity index (χ4v) is 1.43. The Morgan fingerprint density at radius 2 is 1.75 bits per heavy atom. The minimum Gasteiger partial charge on any atom is -0.481 e. The van der Waals surface area contributed by atoms with Crippen molar-refractivity contribution in [1.82, 2.24) is 10.6 Å². The summed E-state index contributed by atoms with van der Waals surface area (Å²) in [5.74, 6) is -2.86. The second kappa shape index (κ2) is 9.15. The molecule has 2 amide bonds. The Kier molecular flexibility index (Phi) is 8.32. The van der Waals surface area contributed by atoms with E-state index in [0.29, 0.717) is 0 Å². The molecule has 0 aliphatic carbocycles. The van der Waals surface area contributed by atoms with Crippen molar-refractivity contribution < 1.29 is 29.4 Å². The van der Waals surface area contributed by atoms with Crippen molar-refractivity contribution in [2.45, 2.75) is 24.9 Å². The van der Waals surface area contributed by atoms with Crippen molar-refractivity contribution in [1.29, 1.82) is 0 Å². The molecule has 0 fully saturated rings. The van der Waals surface area contributed by atoms with Gasteiger partial charge in [-0.1, -0.05) is 0 Å². The van der Waals surface area contributed by atoms with Crippen molar-refractivity contribution in [2.24, 2.45) is 5.73 Å². The van der Waals surface area contributed by atoms with E-state index in [9.17, 15) is 19.2 Å². The maximum atomic E-state index is 11.6. The third-order valence-electron chi connectivity index (χ3n) is 2.26. The van der Waals surface area contributed by atoms with Gasteiger partial charge in [0.25, 0.3) is 0 Å². The minimum absolute atomic E-state index is 0.00312. The van der Waals surface area contributed by atoms with Crippen LogP contribution in [0.15, 0.2) is 0 Å². The van der Waals surface area contributed by atoms with E-state index in [1.54, 1.807) is 0 Å². The fourth-order valence-electron chi connectivity index (χ4n) is 1.13. The maximum Gasteiger partial charge on any atom is 0.322 e. The predicted molar refractivity (Wildman–Crippen MR) is 71.7 cm³/mol. The second-order valence-corrected chi connectivity index (χ2v) is 4.26. The number of nitrogens with two attached hydrogens (primary N) is 1. The number of aliphatic carboxylic acids is 2. The Morgan fingerprint density at radius 1 is 1.15 bits per heavy atom. The van der Waals surface area contributed by atoms with Crippen LogP contribution < -0.4 is 16.4 Å². The van der Waals surface area contributed by atoms with E-state index in [1.165, 1.54) is 0 Å². The molecule has 0 bridgehead atoms. The third kappa shape index (κ3) is 7.59. The Balaban J connectivity index is 4.21. The maximum absolute atomic E-state index is 11.6. The van der Waals surface area contributed by atoms with Gasteiger partial charge in [-0.3, -0.25) is 14.4 Å². The Bertz CT molecular complexity index is 389. The summed E-state index contributed by atoms with van der Waals surface area (Å²) in [6.45, 7) is -0.302. The topological polar surface area (TPSA) is 159 Å². The van der Waals surface area contributed by atoms with Gasteiger partial charge in [-0.25, -0.2) is 4.79 Å². The van der Waals surface area contributed by atoms with Gasteiger partial charge in [0, 0.05) is 18.7 Å². The number of carbonyl (C=O) groups excluding carboxylic acids is 2. The minimum atomic E-state index is -1.27. The number of carboxylic acid groups (broad SMARTS) is 2. The van der Waals surface area contributed by atoms with Gasteiger partial charge in [0.15, 0.2) is 5.78 Å². The van der Waals surface area contributed by atoms with Crippen molar-refractivity contribution in [3.05, 3.63) is 0 Å². The van der Waals surface area contributed by atoms with E-state index in [4.69, 9.17) is 15.9 Å². The Morgan fingerprint density at radius 3 is 2.20 bits per heavy atom. The van der Waals surface area contributed by atoms with Crippen LogP contribution in [0.4, 0.5) is 4.79 Å². The summed E-state index contributed by atoms with van der Waals surface area (Å²) >= 11 is 3.89. The highest BCUT2D eigenvalue weighted by Gasteiger charge is 2.20. The molecule has 0 saturated heterocycles. The predicted octanol–water partition coefficient (Wildman–Crippen LogP) is -1.57. The highest BCUT2D eigenvalue weighted by atomic mass is 32.1. The average Bonchev–Trinajstić information content (AvgIpc) is 2.38. The summed E-state index contributed by atoms with van der Waals surface area (Å²) in [4.78, 5) is 43.8. The van der Waals surface area contributed by atoms with E-state index >= 15 is 0 Å². The molecule has 6 N–H and O–H groups in total. The van der Waals surface area contributed by atoms with Crippen LogP contribution in [0.1, 0.15) is 12.8 Å². The number of Topliss-reactive ketones (excluding diaryl/α,β-unsaturated/α-hetero) is 1. The van der Waals surface area contributed by atoms with Crippen LogP contribution >= 0.6 is 12.6 Å². The zero-order valence-electron chi connectivity index (χ0n) is 10.5. The number of ketones is 1. The summed E-state index contributed by atoms with van der Waals surface area (Å²) in [5, 5.41) is 21.4. The average molecular weight is 307 g/mol. The number of carboxylic acids is 2. The Hall–Kier alpha value is -1.81. The van der Waals surface area contributed by atoms with Gasteiger partial charge in [0.2, 0.25) is 0 Å². The lowest BCUT2D eigenvalue weighted by Crippen LogP contribution is -2.50. The number of nitrogens with one attached hydrogen (secondary N) is 2. The smallest absolute Gasteiger partial charge is 0.322 e. The number of rotatable bonds is 9. The summed E-state index contributed by atoms with van der Waals surface area (Å²) in [6, 6.07) is -2.97. The molecule has 20 heavy (non-hydrogen) atoms. The molecule has 0 aromatic carbocycles. The molecule has 114 valence electrons. The van der Waals surface area contributed by atoms with Crippen molar-refractivity contribution in [3.63, 3.8) is 0 Å². The molecule has 0 aliphatic heterocycles. The summed E-state index contributed by atoms with van der Waals surface area (Å²) in [6.07, 6.45) is -0.564. The third-order valence-corrected chi connectivity index (χ3v) is 2.63. The van der Waals surface area contributed by atoms with Crippen LogP contribution in [0.2, 0.25) is 0 Å². The first-order chi connectivity index (χ1) is 9.27. The van der Waals surface area contributed by atoms with Gasteiger partial charge in [-0.15, -0.1) is 0 Å². The van der Waals surface area contributed by atoms with Gasteiger partial charge >= 0.3 is 18.0 Å². The molecule has 10 heteroatoms. The lowest BCUT2D eigenvalue weighted by atomic mass is 10.1. The molecule has 0 radical (unpaired) electrons. The SMILES string of the molecule is N[C@@H](CNC(=O)N[C@@H](CS)C(=O)CCC(=O)O)C(=O)O. The molecule has 0 rings (SSSR count). The zero-order valence-corrected chi connectivity index (χ0v) is 11.4. The van der Waals surface area contributed by atoms with Gasteiger partial charge in [-0.05, 0) is 0 Å². The van der Waals surface area contributed by atoms with E-state index < -0.39 is 35.8 Å². The first kappa shape index (κ1) is 18.2. The van der Waals surface area contributed by atoms with Gasteiger partial charge in [0.05, 0.1) is 12.5 Å². The largest absolute Gasteiger partial charge is 0.481 e. The van der Waals surface area contributed by atoms with Crippen LogP contribution in [-0.4, -0.2) is 58.3 Å². The first-order valence-corrected chi connectivity index (χ1v) is 6.29. The van der Waals surface area contributed by atoms with Crippen LogP contribution in [0.3, 0.4) is 0 Å². The number of thiol groups is 1. The normalized spacial score (nSPS) is 13.1. The monoisotopic (exact) mass is 307 g/mol. The molecule has 0 saturated carbocycles. The molecule has 0 unspecified atom stereocenters.